The molecule has 1 amide bonds. The van der Waals surface area contributed by atoms with Crippen molar-refractivity contribution in [3.05, 3.63) is 48.0 Å². The van der Waals surface area contributed by atoms with Gasteiger partial charge >= 0.3 is 0 Å². The van der Waals surface area contributed by atoms with Crippen LogP contribution in [0.2, 0.25) is 0 Å². The van der Waals surface area contributed by atoms with Gasteiger partial charge in [-0.3, -0.25) is 4.79 Å². The fourth-order valence-electron chi connectivity index (χ4n) is 4.92. The highest BCUT2D eigenvalue weighted by Crippen LogP contribution is 2.49. The van der Waals surface area contributed by atoms with Crippen molar-refractivity contribution < 1.29 is 19.4 Å². The van der Waals surface area contributed by atoms with Crippen LogP contribution in [0.15, 0.2) is 42.5 Å². The maximum atomic E-state index is 12.7. The molecule has 2 aromatic carbocycles. The predicted molar refractivity (Wildman–Crippen MR) is 112 cm³/mol. The molecule has 0 aliphatic carbocycles. The molecule has 154 valence electrons. The molecule has 0 saturated carbocycles. The van der Waals surface area contributed by atoms with E-state index < -0.39 is 0 Å². The number of aliphatic hydroxyl groups excluding tert-OH is 1. The zero-order valence-electron chi connectivity index (χ0n) is 17.2. The zero-order chi connectivity index (χ0) is 20.5. The van der Waals surface area contributed by atoms with E-state index in [1.54, 1.807) is 14.2 Å². The predicted octanol–water partition coefficient (Wildman–Crippen LogP) is 2.71. The monoisotopic (exact) mass is 396 g/mol. The number of anilines is 1. The van der Waals surface area contributed by atoms with Gasteiger partial charge in [0, 0.05) is 32.3 Å². The minimum absolute atomic E-state index is 0.000948. The molecule has 2 aliphatic heterocycles. The van der Waals surface area contributed by atoms with E-state index in [1.807, 2.05) is 30.1 Å². The molecule has 4 rings (SSSR count). The van der Waals surface area contributed by atoms with E-state index >= 15 is 0 Å². The number of carbonyl (C=O) groups is 1. The van der Waals surface area contributed by atoms with Gasteiger partial charge < -0.3 is 24.4 Å². The SMILES string of the molecule is COCC(=O)N1CC[C@@H]2[C@@H](CO)N(C)c3ccc(-c4cccc(OC)c4)cc3[C@@H]21. The van der Waals surface area contributed by atoms with Crippen molar-refractivity contribution in [1.29, 1.82) is 0 Å². The van der Waals surface area contributed by atoms with Crippen LogP contribution in [0.25, 0.3) is 11.1 Å². The van der Waals surface area contributed by atoms with Crippen LogP contribution in [-0.4, -0.2) is 63.0 Å². The molecule has 6 heteroatoms. The molecular formula is C23H28N2O4. The second-order valence-corrected chi connectivity index (χ2v) is 7.78. The molecular weight excluding hydrogens is 368 g/mol. The minimum Gasteiger partial charge on any atom is -0.497 e. The molecule has 2 aromatic rings. The minimum atomic E-state index is -0.0495. The smallest absolute Gasteiger partial charge is 0.249 e. The summed E-state index contributed by atoms with van der Waals surface area (Å²) in [6.07, 6.45) is 0.874. The van der Waals surface area contributed by atoms with Crippen LogP contribution >= 0.6 is 0 Å². The Morgan fingerprint density at radius 2 is 1.97 bits per heavy atom. The van der Waals surface area contributed by atoms with E-state index in [2.05, 4.69) is 29.2 Å². The van der Waals surface area contributed by atoms with Crippen molar-refractivity contribution >= 4 is 11.6 Å². The number of likely N-dealkylation sites (N-methyl/N-ethyl adjacent to an activating group) is 1. The van der Waals surface area contributed by atoms with E-state index in [0.717, 1.165) is 34.5 Å². The molecule has 2 heterocycles. The summed E-state index contributed by atoms with van der Waals surface area (Å²) < 4.78 is 10.5. The number of nitrogens with zero attached hydrogens (tertiary/aromatic N) is 2. The number of methoxy groups -OCH3 is 2. The number of hydrogen-bond acceptors (Lipinski definition) is 5. The summed E-state index contributed by atoms with van der Waals surface area (Å²) >= 11 is 0. The van der Waals surface area contributed by atoms with Crippen molar-refractivity contribution in [1.82, 2.24) is 4.90 Å². The largest absolute Gasteiger partial charge is 0.497 e. The summed E-state index contributed by atoms with van der Waals surface area (Å²) in [5.41, 5.74) is 4.35. The highest BCUT2D eigenvalue weighted by molar-refractivity contribution is 5.80. The van der Waals surface area contributed by atoms with Crippen LogP contribution in [0.3, 0.4) is 0 Å². The van der Waals surface area contributed by atoms with Gasteiger partial charge in [-0.1, -0.05) is 18.2 Å². The molecule has 0 spiro atoms. The Balaban J connectivity index is 1.80. The molecule has 0 unspecified atom stereocenters. The number of aliphatic hydroxyl groups is 1. The topological polar surface area (TPSA) is 62.2 Å². The third kappa shape index (κ3) is 3.36. The number of hydrogen-bond donors (Lipinski definition) is 1. The Kier molecular flexibility index (Phi) is 5.48. The lowest BCUT2D eigenvalue weighted by atomic mass is 9.81. The third-order valence-electron chi connectivity index (χ3n) is 6.34. The van der Waals surface area contributed by atoms with Gasteiger partial charge in [-0.15, -0.1) is 0 Å². The second kappa shape index (κ2) is 8.05. The number of carbonyl (C=O) groups excluding carboxylic acids is 1. The van der Waals surface area contributed by atoms with E-state index in [0.29, 0.717) is 6.54 Å². The van der Waals surface area contributed by atoms with Crippen molar-refractivity contribution in [2.45, 2.75) is 18.5 Å². The van der Waals surface area contributed by atoms with Gasteiger partial charge in [-0.2, -0.15) is 0 Å². The Hall–Kier alpha value is -2.57. The third-order valence-corrected chi connectivity index (χ3v) is 6.34. The van der Waals surface area contributed by atoms with Gasteiger partial charge in [-0.05, 0) is 47.4 Å². The van der Waals surface area contributed by atoms with Gasteiger partial charge in [0.1, 0.15) is 12.4 Å². The first-order chi connectivity index (χ1) is 14.1. The van der Waals surface area contributed by atoms with Gasteiger partial charge in [-0.25, -0.2) is 0 Å². The van der Waals surface area contributed by atoms with Crippen LogP contribution < -0.4 is 9.64 Å². The Bertz CT molecular complexity index is 900. The standard InChI is InChI=1S/C23H28N2O4/c1-24-20-8-7-16(15-5-4-6-17(11-15)29-3)12-19(20)23-18(21(24)13-26)9-10-25(23)22(27)14-28-2/h4-8,11-12,18,21,23,26H,9-10,13-14H2,1-3H3/t18-,21-,23-/m1/s1. The Morgan fingerprint density at radius 1 is 1.17 bits per heavy atom. The zero-order valence-corrected chi connectivity index (χ0v) is 17.2. The molecule has 1 N–H and O–H groups in total. The molecule has 0 radical (unpaired) electrons. The number of ether oxygens (including phenoxy) is 2. The lowest BCUT2D eigenvalue weighted by molar-refractivity contribution is -0.136. The average Bonchev–Trinajstić information content (AvgIpc) is 3.19. The van der Waals surface area contributed by atoms with Crippen LogP contribution in [-0.2, 0) is 9.53 Å². The van der Waals surface area contributed by atoms with Crippen molar-refractivity contribution in [3.63, 3.8) is 0 Å². The molecule has 0 aromatic heterocycles. The maximum absolute atomic E-state index is 12.7. The van der Waals surface area contributed by atoms with Gasteiger partial charge in [0.15, 0.2) is 0 Å². The summed E-state index contributed by atoms with van der Waals surface area (Å²) in [5, 5.41) is 10.1. The lowest BCUT2D eigenvalue weighted by Gasteiger charge is -2.44. The maximum Gasteiger partial charge on any atom is 0.249 e. The molecule has 3 atom stereocenters. The van der Waals surface area contributed by atoms with Crippen molar-refractivity contribution in [2.75, 3.05) is 45.9 Å². The molecule has 2 aliphatic rings. The van der Waals surface area contributed by atoms with Crippen LogP contribution in [0.4, 0.5) is 5.69 Å². The second-order valence-electron chi connectivity index (χ2n) is 7.78. The normalized spacial score (nSPS) is 23.0. The first kappa shape index (κ1) is 19.7. The van der Waals surface area contributed by atoms with Crippen molar-refractivity contribution in [3.8, 4) is 16.9 Å². The summed E-state index contributed by atoms with van der Waals surface area (Å²) in [6, 6.07) is 14.3. The quantitative estimate of drug-likeness (QED) is 0.842. The first-order valence-electron chi connectivity index (χ1n) is 9.99. The number of benzene rings is 2. The molecule has 6 nitrogen and oxygen atoms in total. The van der Waals surface area contributed by atoms with Crippen LogP contribution in [0, 0.1) is 5.92 Å². The van der Waals surface area contributed by atoms with Gasteiger partial charge in [0.05, 0.1) is 25.8 Å². The highest BCUT2D eigenvalue weighted by Gasteiger charge is 2.47. The van der Waals surface area contributed by atoms with Gasteiger partial charge in [0.2, 0.25) is 5.91 Å². The van der Waals surface area contributed by atoms with E-state index in [9.17, 15) is 9.90 Å². The van der Waals surface area contributed by atoms with Crippen LogP contribution in [0.5, 0.6) is 5.75 Å². The van der Waals surface area contributed by atoms with Gasteiger partial charge in [0.25, 0.3) is 0 Å². The summed E-state index contributed by atoms with van der Waals surface area (Å²) in [7, 11) is 5.24. The van der Waals surface area contributed by atoms with Crippen molar-refractivity contribution in [2.24, 2.45) is 5.92 Å². The lowest BCUT2D eigenvalue weighted by Crippen LogP contribution is -2.48. The molecule has 1 fully saturated rings. The fourth-order valence-corrected chi connectivity index (χ4v) is 4.92. The number of amides is 1. The first-order valence-corrected chi connectivity index (χ1v) is 9.99. The van der Waals surface area contributed by atoms with E-state index in [4.69, 9.17) is 9.47 Å². The summed E-state index contributed by atoms with van der Waals surface area (Å²) in [6.45, 7) is 0.833. The average molecular weight is 396 g/mol. The number of likely N-dealkylation sites (tertiary alicyclic amines) is 1. The van der Waals surface area contributed by atoms with E-state index in [-0.39, 0.29) is 37.1 Å². The molecule has 29 heavy (non-hydrogen) atoms. The molecule has 1 saturated heterocycles. The number of fused-ring (bicyclic) bond motifs is 3. The van der Waals surface area contributed by atoms with E-state index in [1.165, 1.54) is 0 Å². The Morgan fingerprint density at radius 3 is 2.69 bits per heavy atom. The highest BCUT2D eigenvalue weighted by atomic mass is 16.5. The fraction of sp³-hybridized carbons (Fsp3) is 0.435. The number of rotatable bonds is 5. The Labute approximate surface area is 171 Å². The molecule has 0 bridgehead atoms. The van der Waals surface area contributed by atoms with Crippen LogP contribution in [0.1, 0.15) is 18.0 Å². The summed E-state index contributed by atoms with van der Waals surface area (Å²) in [4.78, 5) is 16.8. The summed E-state index contributed by atoms with van der Waals surface area (Å²) in [5.74, 6) is 1.01.